The Balaban J connectivity index is 0.000000128. The third-order valence-corrected chi connectivity index (χ3v) is 1.55. The van der Waals surface area contributed by atoms with E-state index in [0.717, 1.165) is 11.0 Å². The summed E-state index contributed by atoms with van der Waals surface area (Å²) in [6, 6.07) is 7.70. The van der Waals surface area contributed by atoms with E-state index in [1.807, 2.05) is 24.3 Å². The van der Waals surface area contributed by atoms with Crippen molar-refractivity contribution >= 4 is 11.0 Å². The summed E-state index contributed by atoms with van der Waals surface area (Å²) in [5, 5.41) is 19.6. The average molecular weight is 188 g/mol. The zero-order chi connectivity index (χ0) is 9.64. The molecule has 0 aliphatic carbocycles. The van der Waals surface area contributed by atoms with Crippen LogP contribution < -0.4 is 0 Å². The fraction of sp³-hybridized carbons (Fsp3) is 0. The summed E-state index contributed by atoms with van der Waals surface area (Å²) in [6.45, 7) is 0. The summed E-state index contributed by atoms with van der Waals surface area (Å²) < 4.78 is 0. The van der Waals surface area contributed by atoms with Gasteiger partial charge in [0.2, 0.25) is 0 Å². The van der Waals surface area contributed by atoms with Crippen LogP contribution in [0.4, 0.5) is 0 Å². The molecule has 0 saturated heterocycles. The molecule has 6 heteroatoms. The second-order valence-corrected chi connectivity index (χ2v) is 2.47. The second kappa shape index (κ2) is 4.13. The van der Waals surface area contributed by atoms with Gasteiger partial charge in [-0.05, 0) is 12.1 Å². The van der Waals surface area contributed by atoms with Gasteiger partial charge >= 0.3 is 0 Å². The van der Waals surface area contributed by atoms with Crippen LogP contribution in [-0.4, -0.2) is 30.8 Å². The molecule has 0 aliphatic rings. The molecule has 0 amide bonds. The molecule has 0 bridgehead atoms. The first-order valence-electron chi connectivity index (χ1n) is 4.02. The van der Waals surface area contributed by atoms with Gasteiger partial charge in [0, 0.05) is 0 Å². The van der Waals surface area contributed by atoms with Gasteiger partial charge in [-0.2, -0.15) is 30.8 Å². The third kappa shape index (κ3) is 1.92. The molecule has 70 valence electrons. The van der Waals surface area contributed by atoms with Crippen molar-refractivity contribution in [3.63, 3.8) is 0 Å². The highest BCUT2D eigenvalue weighted by molar-refractivity contribution is 5.72. The molecule has 0 spiro atoms. The SMILES string of the molecule is c1ccc2n[nH]nc2c1.c1cn[nH]n1. The topological polar surface area (TPSA) is 83.1 Å². The maximum absolute atomic E-state index is 3.88. The van der Waals surface area contributed by atoms with Gasteiger partial charge in [0.15, 0.2) is 0 Å². The van der Waals surface area contributed by atoms with E-state index in [9.17, 15) is 0 Å². The van der Waals surface area contributed by atoms with E-state index < -0.39 is 0 Å². The number of benzene rings is 1. The molecule has 3 aromatic rings. The minimum atomic E-state index is 0.914. The van der Waals surface area contributed by atoms with Gasteiger partial charge in [-0.15, -0.1) is 0 Å². The molecular weight excluding hydrogens is 180 g/mol. The van der Waals surface area contributed by atoms with Crippen LogP contribution in [0, 0.1) is 0 Å². The predicted molar refractivity (Wildman–Crippen MR) is 50.3 cm³/mol. The molecule has 6 nitrogen and oxygen atoms in total. The van der Waals surface area contributed by atoms with E-state index >= 15 is 0 Å². The van der Waals surface area contributed by atoms with E-state index in [4.69, 9.17) is 0 Å². The summed E-state index contributed by atoms with van der Waals surface area (Å²) >= 11 is 0. The number of hydrogen-bond acceptors (Lipinski definition) is 4. The van der Waals surface area contributed by atoms with Gasteiger partial charge in [0.1, 0.15) is 11.0 Å². The zero-order valence-electron chi connectivity index (χ0n) is 7.25. The van der Waals surface area contributed by atoms with E-state index in [0.29, 0.717) is 0 Å². The Bertz CT molecular complexity index is 424. The average Bonchev–Trinajstić information content (AvgIpc) is 2.92. The molecular formula is C8H8N6. The third-order valence-electron chi connectivity index (χ3n) is 1.55. The Kier molecular flexibility index (Phi) is 2.46. The van der Waals surface area contributed by atoms with Crippen LogP contribution in [0.15, 0.2) is 36.7 Å². The molecule has 2 aromatic heterocycles. The second-order valence-electron chi connectivity index (χ2n) is 2.47. The van der Waals surface area contributed by atoms with E-state index in [2.05, 4.69) is 30.8 Å². The number of aromatic amines is 2. The minimum absolute atomic E-state index is 0.914. The molecule has 0 radical (unpaired) electrons. The van der Waals surface area contributed by atoms with Crippen LogP contribution in [-0.2, 0) is 0 Å². The highest BCUT2D eigenvalue weighted by atomic mass is 15.3. The van der Waals surface area contributed by atoms with Crippen molar-refractivity contribution in [3.8, 4) is 0 Å². The Hall–Kier alpha value is -2.24. The molecule has 0 fully saturated rings. The fourth-order valence-corrected chi connectivity index (χ4v) is 0.953. The lowest BCUT2D eigenvalue weighted by atomic mass is 10.3. The van der Waals surface area contributed by atoms with Crippen molar-refractivity contribution in [2.75, 3.05) is 0 Å². The maximum Gasteiger partial charge on any atom is 0.112 e. The minimum Gasteiger partial charge on any atom is -0.198 e. The number of hydrogen-bond donors (Lipinski definition) is 2. The van der Waals surface area contributed by atoms with E-state index in [1.165, 1.54) is 0 Å². The summed E-state index contributed by atoms with van der Waals surface area (Å²) in [5.74, 6) is 0. The van der Waals surface area contributed by atoms with Crippen molar-refractivity contribution in [2.45, 2.75) is 0 Å². The summed E-state index contributed by atoms with van der Waals surface area (Å²) in [4.78, 5) is 0. The summed E-state index contributed by atoms with van der Waals surface area (Å²) in [5.41, 5.74) is 1.83. The predicted octanol–water partition coefficient (Wildman–Crippen LogP) is 0.763. The van der Waals surface area contributed by atoms with Gasteiger partial charge in [0.25, 0.3) is 0 Å². The lowest BCUT2D eigenvalue weighted by molar-refractivity contribution is 0.940. The smallest absolute Gasteiger partial charge is 0.112 e. The lowest BCUT2D eigenvalue weighted by Crippen LogP contribution is -1.63. The van der Waals surface area contributed by atoms with Crippen LogP contribution in [0.2, 0.25) is 0 Å². The first-order valence-corrected chi connectivity index (χ1v) is 4.02. The maximum atomic E-state index is 3.88. The Morgan fingerprint density at radius 2 is 1.36 bits per heavy atom. The van der Waals surface area contributed by atoms with Crippen molar-refractivity contribution in [1.29, 1.82) is 0 Å². The van der Waals surface area contributed by atoms with E-state index in [1.54, 1.807) is 12.4 Å². The molecule has 0 saturated carbocycles. The molecule has 14 heavy (non-hydrogen) atoms. The van der Waals surface area contributed by atoms with Gasteiger partial charge in [-0.3, -0.25) is 0 Å². The normalized spacial score (nSPS) is 9.43. The lowest BCUT2D eigenvalue weighted by Gasteiger charge is -1.78. The van der Waals surface area contributed by atoms with Crippen LogP contribution in [0.1, 0.15) is 0 Å². The highest BCUT2D eigenvalue weighted by Gasteiger charge is 1.90. The Morgan fingerprint density at radius 3 is 1.79 bits per heavy atom. The Labute approximate surface area is 79.3 Å². The number of nitrogens with one attached hydrogen (secondary N) is 2. The highest BCUT2D eigenvalue weighted by Crippen LogP contribution is 2.03. The molecule has 2 heterocycles. The number of aromatic nitrogens is 6. The fourth-order valence-electron chi connectivity index (χ4n) is 0.953. The van der Waals surface area contributed by atoms with Crippen LogP contribution in [0.25, 0.3) is 11.0 Å². The van der Waals surface area contributed by atoms with Crippen molar-refractivity contribution in [3.05, 3.63) is 36.7 Å². The molecule has 2 N–H and O–H groups in total. The molecule has 1 aromatic carbocycles. The van der Waals surface area contributed by atoms with Gasteiger partial charge in [-0.1, -0.05) is 12.1 Å². The quantitative estimate of drug-likeness (QED) is 0.545. The van der Waals surface area contributed by atoms with Gasteiger partial charge in [-0.25, -0.2) is 0 Å². The molecule has 0 aliphatic heterocycles. The van der Waals surface area contributed by atoms with Crippen molar-refractivity contribution < 1.29 is 0 Å². The summed E-state index contributed by atoms with van der Waals surface area (Å²) in [6.07, 6.45) is 3.17. The molecule has 0 unspecified atom stereocenters. The number of nitrogens with zero attached hydrogens (tertiary/aromatic N) is 4. The van der Waals surface area contributed by atoms with Crippen molar-refractivity contribution in [1.82, 2.24) is 30.8 Å². The van der Waals surface area contributed by atoms with Crippen molar-refractivity contribution in [2.24, 2.45) is 0 Å². The zero-order valence-corrected chi connectivity index (χ0v) is 7.25. The number of rotatable bonds is 0. The number of fused-ring (bicyclic) bond motifs is 1. The summed E-state index contributed by atoms with van der Waals surface area (Å²) in [7, 11) is 0. The standard InChI is InChI=1S/C6H5N3.C2H3N3/c1-2-4-6-5(3-1)7-9-8-6;1-2-4-5-3-1/h1-4H,(H,7,8,9);1-2H,(H,3,4,5). The van der Waals surface area contributed by atoms with Crippen LogP contribution in [0.3, 0.4) is 0 Å². The number of para-hydroxylation sites is 2. The molecule has 3 rings (SSSR count). The molecule has 0 atom stereocenters. The van der Waals surface area contributed by atoms with E-state index in [-0.39, 0.29) is 0 Å². The monoisotopic (exact) mass is 188 g/mol. The Morgan fingerprint density at radius 1 is 0.786 bits per heavy atom. The van der Waals surface area contributed by atoms with Gasteiger partial charge < -0.3 is 0 Å². The largest absolute Gasteiger partial charge is 0.198 e. The van der Waals surface area contributed by atoms with Crippen LogP contribution in [0.5, 0.6) is 0 Å². The first-order chi connectivity index (χ1) is 6.97. The van der Waals surface area contributed by atoms with Crippen LogP contribution >= 0.6 is 0 Å². The number of H-pyrrole nitrogens is 2. The van der Waals surface area contributed by atoms with Gasteiger partial charge in [0.05, 0.1) is 12.4 Å². The first kappa shape index (κ1) is 8.36.